The fraction of sp³-hybridized carbons (Fsp3) is 0.370. The summed E-state index contributed by atoms with van der Waals surface area (Å²) in [6, 6.07) is 6.43. The monoisotopic (exact) mass is 517 g/mol. The molecular formula is C27H28FN7O3. The summed E-state index contributed by atoms with van der Waals surface area (Å²) in [5, 5.41) is 8.35. The highest BCUT2D eigenvalue weighted by Crippen LogP contribution is 2.42. The van der Waals surface area contributed by atoms with Crippen LogP contribution in [0, 0.1) is 18.7 Å². The van der Waals surface area contributed by atoms with Crippen LogP contribution < -0.4 is 0 Å². The third-order valence-corrected chi connectivity index (χ3v) is 7.54. The van der Waals surface area contributed by atoms with Gasteiger partial charge >= 0.3 is 5.97 Å². The summed E-state index contributed by atoms with van der Waals surface area (Å²) in [5.41, 5.74) is 6.23. The molecule has 0 N–H and O–H groups in total. The van der Waals surface area contributed by atoms with Crippen LogP contribution in [0.2, 0.25) is 0 Å². The average Bonchev–Trinajstić information content (AvgIpc) is 3.56. The number of hydrogen-bond acceptors (Lipinski definition) is 7. The van der Waals surface area contributed by atoms with E-state index >= 15 is 4.39 Å². The molecule has 0 aliphatic carbocycles. The maximum atomic E-state index is 15.4. The van der Waals surface area contributed by atoms with Crippen LogP contribution in [0.5, 0.6) is 0 Å². The number of esters is 1. The Bertz CT molecular complexity index is 1660. The zero-order valence-corrected chi connectivity index (χ0v) is 21.7. The molecule has 11 heteroatoms. The second-order valence-electron chi connectivity index (χ2n) is 9.69. The molecule has 0 radical (unpaired) electrons. The van der Waals surface area contributed by atoms with Crippen LogP contribution in [-0.2, 0) is 23.6 Å². The number of carbonyl (C=O) groups is 1. The molecule has 1 fully saturated rings. The first kappa shape index (κ1) is 24.2. The molecule has 5 aromatic rings. The smallest absolute Gasteiger partial charge is 0.354 e. The second-order valence-corrected chi connectivity index (χ2v) is 9.69. The summed E-state index contributed by atoms with van der Waals surface area (Å²) in [4.78, 5) is 22.0. The highest BCUT2D eigenvalue weighted by atomic mass is 19.1. The van der Waals surface area contributed by atoms with Crippen molar-refractivity contribution in [3.63, 3.8) is 0 Å². The van der Waals surface area contributed by atoms with Crippen molar-refractivity contribution in [1.82, 2.24) is 34.1 Å². The highest BCUT2D eigenvalue weighted by molar-refractivity contribution is 6.08. The van der Waals surface area contributed by atoms with Gasteiger partial charge in [0, 0.05) is 45.3 Å². The summed E-state index contributed by atoms with van der Waals surface area (Å²) in [6.07, 6.45) is 4.90. The maximum absolute atomic E-state index is 15.4. The van der Waals surface area contributed by atoms with E-state index in [9.17, 15) is 4.79 Å². The van der Waals surface area contributed by atoms with Crippen molar-refractivity contribution < 1.29 is 18.7 Å². The van der Waals surface area contributed by atoms with Crippen molar-refractivity contribution >= 4 is 28.0 Å². The van der Waals surface area contributed by atoms with Crippen LogP contribution in [0.4, 0.5) is 4.39 Å². The fourth-order valence-electron chi connectivity index (χ4n) is 5.79. The normalized spacial score (nSPS) is 15.4. The van der Waals surface area contributed by atoms with E-state index in [-0.39, 0.29) is 11.7 Å². The van der Waals surface area contributed by atoms with Crippen LogP contribution in [0.25, 0.3) is 33.3 Å². The lowest BCUT2D eigenvalue weighted by atomic mass is 9.88. The molecule has 1 saturated heterocycles. The zero-order valence-electron chi connectivity index (χ0n) is 21.7. The molecule has 0 bridgehead atoms. The minimum absolute atomic E-state index is 0.0532. The van der Waals surface area contributed by atoms with Crippen LogP contribution in [-0.4, -0.2) is 60.4 Å². The Morgan fingerprint density at radius 2 is 1.97 bits per heavy atom. The number of methoxy groups -OCH3 is 1. The maximum Gasteiger partial charge on any atom is 0.354 e. The van der Waals surface area contributed by atoms with E-state index in [1.165, 1.54) is 13.2 Å². The third kappa shape index (κ3) is 3.68. The summed E-state index contributed by atoms with van der Waals surface area (Å²) in [7, 11) is 5.01. The standard InChI is InChI=1S/C27H28FN7O3/c1-15-24(34(3)32-31-15)17-12-19-23(30-14-17)26-20(13-21(33(26)2)27(36)37-4)35(19)25(16-7-10-38-11-8-16)22-18(28)6-5-9-29-22/h5-6,9,12-14,16,25H,7-8,10-11H2,1-4H3. The first-order valence-electron chi connectivity index (χ1n) is 12.5. The molecule has 1 aliphatic heterocycles. The van der Waals surface area contributed by atoms with Crippen LogP contribution in [0.1, 0.15) is 40.8 Å². The number of aryl methyl sites for hydroxylation is 3. The Morgan fingerprint density at radius 1 is 1.18 bits per heavy atom. The minimum atomic E-state index is -0.455. The SMILES string of the molecule is COC(=O)c1cc2c(c3ncc(-c4c(C)nnn4C)cc3n2C(c2ncccc2F)C2CCOCC2)n1C. The number of pyridine rings is 2. The van der Waals surface area contributed by atoms with Gasteiger partial charge in [0.15, 0.2) is 0 Å². The fourth-order valence-corrected chi connectivity index (χ4v) is 5.79. The van der Waals surface area contributed by atoms with Gasteiger partial charge in [0.1, 0.15) is 17.0 Å². The Kier molecular flexibility index (Phi) is 5.94. The van der Waals surface area contributed by atoms with Crippen molar-refractivity contribution in [3.05, 3.63) is 59.6 Å². The Morgan fingerprint density at radius 3 is 2.66 bits per heavy atom. The lowest BCUT2D eigenvalue weighted by Crippen LogP contribution is -2.28. The van der Waals surface area contributed by atoms with Crippen LogP contribution in [0.3, 0.4) is 0 Å². The van der Waals surface area contributed by atoms with Gasteiger partial charge in [-0.15, -0.1) is 5.10 Å². The molecule has 5 aromatic heterocycles. The summed E-state index contributed by atoms with van der Waals surface area (Å²) < 4.78 is 31.7. The van der Waals surface area contributed by atoms with Crippen molar-refractivity contribution in [2.45, 2.75) is 25.8 Å². The van der Waals surface area contributed by atoms with Gasteiger partial charge in [-0.3, -0.25) is 9.97 Å². The van der Waals surface area contributed by atoms with Gasteiger partial charge in [0.25, 0.3) is 0 Å². The van der Waals surface area contributed by atoms with Gasteiger partial charge in [-0.1, -0.05) is 5.21 Å². The topological polar surface area (TPSA) is 102 Å². The second kappa shape index (κ2) is 9.32. The van der Waals surface area contributed by atoms with Gasteiger partial charge in [-0.05, 0) is 49.9 Å². The molecule has 1 unspecified atom stereocenters. The molecule has 10 nitrogen and oxygen atoms in total. The van der Waals surface area contributed by atoms with E-state index in [1.807, 2.05) is 27.1 Å². The number of ether oxygens (including phenoxy) is 2. The number of aromatic nitrogens is 7. The Labute approximate surface area is 218 Å². The molecule has 6 rings (SSSR count). The molecule has 196 valence electrons. The van der Waals surface area contributed by atoms with Crippen molar-refractivity contribution in [1.29, 1.82) is 0 Å². The quantitative estimate of drug-likeness (QED) is 0.325. The van der Waals surface area contributed by atoms with E-state index in [4.69, 9.17) is 14.5 Å². The third-order valence-electron chi connectivity index (χ3n) is 7.54. The number of rotatable bonds is 5. The summed E-state index contributed by atoms with van der Waals surface area (Å²) in [6.45, 7) is 3.08. The highest BCUT2D eigenvalue weighted by Gasteiger charge is 2.34. The molecule has 0 aromatic carbocycles. The van der Waals surface area contributed by atoms with Crippen molar-refractivity contribution in [3.8, 4) is 11.3 Å². The molecular weight excluding hydrogens is 489 g/mol. The minimum Gasteiger partial charge on any atom is -0.464 e. The molecule has 0 saturated carbocycles. The lowest BCUT2D eigenvalue weighted by Gasteiger charge is -2.32. The summed E-state index contributed by atoms with van der Waals surface area (Å²) >= 11 is 0. The van der Waals surface area contributed by atoms with Gasteiger partial charge in [0.2, 0.25) is 0 Å². The Hall–Kier alpha value is -4.12. The van der Waals surface area contributed by atoms with Gasteiger partial charge in [-0.2, -0.15) is 0 Å². The largest absolute Gasteiger partial charge is 0.464 e. The van der Waals surface area contributed by atoms with Crippen molar-refractivity contribution in [2.24, 2.45) is 20.0 Å². The van der Waals surface area contributed by atoms with Crippen LogP contribution >= 0.6 is 0 Å². The molecule has 1 atom stereocenters. The Balaban J connectivity index is 1.71. The summed E-state index contributed by atoms with van der Waals surface area (Å²) in [5.74, 6) is -0.778. The van der Waals surface area contributed by atoms with Gasteiger partial charge < -0.3 is 18.6 Å². The number of halogens is 1. The number of fused-ring (bicyclic) bond motifs is 3. The molecule has 6 heterocycles. The predicted molar refractivity (Wildman–Crippen MR) is 138 cm³/mol. The van der Waals surface area contributed by atoms with Crippen molar-refractivity contribution in [2.75, 3.05) is 20.3 Å². The van der Waals surface area contributed by atoms with E-state index in [1.54, 1.807) is 33.8 Å². The van der Waals surface area contributed by atoms with Gasteiger partial charge in [-0.25, -0.2) is 13.9 Å². The first-order valence-corrected chi connectivity index (χ1v) is 12.5. The molecule has 0 amide bonds. The molecule has 38 heavy (non-hydrogen) atoms. The number of hydrogen-bond donors (Lipinski definition) is 0. The zero-order chi connectivity index (χ0) is 26.6. The molecule has 1 aliphatic rings. The van der Waals surface area contributed by atoms with E-state index in [2.05, 4.69) is 19.9 Å². The predicted octanol–water partition coefficient (Wildman–Crippen LogP) is 3.97. The van der Waals surface area contributed by atoms with E-state index < -0.39 is 12.0 Å². The average molecular weight is 518 g/mol. The van der Waals surface area contributed by atoms with E-state index in [0.717, 1.165) is 46.3 Å². The number of nitrogens with zero attached hydrogens (tertiary/aromatic N) is 7. The van der Waals surface area contributed by atoms with Crippen LogP contribution in [0.15, 0.2) is 36.7 Å². The molecule has 0 spiro atoms. The first-order chi connectivity index (χ1) is 18.4. The number of carbonyl (C=O) groups excluding carboxylic acids is 1. The van der Waals surface area contributed by atoms with E-state index in [0.29, 0.717) is 30.1 Å². The lowest BCUT2D eigenvalue weighted by molar-refractivity contribution is 0.0543. The van der Waals surface area contributed by atoms with Gasteiger partial charge in [0.05, 0.1) is 46.8 Å².